The first-order valence-electron chi connectivity index (χ1n) is 8.38. The molecule has 1 aliphatic rings. The number of carbonyl (C=O) groups is 1. The molecule has 0 radical (unpaired) electrons. The maximum atomic E-state index is 11.9. The van der Waals surface area contributed by atoms with Crippen molar-refractivity contribution in [1.29, 1.82) is 0 Å². The summed E-state index contributed by atoms with van der Waals surface area (Å²) < 4.78 is 5.51. The highest BCUT2D eigenvalue weighted by atomic mass is 16.5. The highest BCUT2D eigenvalue weighted by molar-refractivity contribution is 5.89. The van der Waals surface area contributed by atoms with Gasteiger partial charge < -0.3 is 15.0 Å². The molecule has 1 aromatic heterocycles. The van der Waals surface area contributed by atoms with Gasteiger partial charge in [0.05, 0.1) is 13.0 Å². The highest BCUT2D eigenvalue weighted by Gasteiger charge is 2.12. The van der Waals surface area contributed by atoms with Crippen LogP contribution in [-0.4, -0.2) is 35.8 Å². The van der Waals surface area contributed by atoms with Gasteiger partial charge in [0, 0.05) is 13.1 Å². The quantitative estimate of drug-likeness (QED) is 0.884. The van der Waals surface area contributed by atoms with Gasteiger partial charge in [-0.05, 0) is 43.5 Å². The molecule has 0 bridgehead atoms. The molecule has 24 heavy (non-hydrogen) atoms. The Kier molecular flexibility index (Phi) is 5.61. The van der Waals surface area contributed by atoms with Gasteiger partial charge >= 0.3 is 0 Å². The van der Waals surface area contributed by atoms with E-state index in [4.69, 9.17) is 4.74 Å². The van der Waals surface area contributed by atoms with Crippen LogP contribution in [0.3, 0.4) is 0 Å². The van der Waals surface area contributed by atoms with E-state index in [1.807, 2.05) is 36.4 Å². The fourth-order valence-electron chi connectivity index (χ4n) is 2.67. The SMILES string of the molecule is O=C(CCOc1ccccc1)Nc1ccc(N2CCCCC2)nn1. The molecule has 0 aliphatic carbocycles. The third-order valence-electron chi connectivity index (χ3n) is 3.94. The summed E-state index contributed by atoms with van der Waals surface area (Å²) in [5.41, 5.74) is 0. The van der Waals surface area contributed by atoms with Crippen molar-refractivity contribution in [2.45, 2.75) is 25.7 Å². The monoisotopic (exact) mass is 326 g/mol. The molecular weight excluding hydrogens is 304 g/mol. The summed E-state index contributed by atoms with van der Waals surface area (Å²) in [6.07, 6.45) is 3.94. The van der Waals surface area contributed by atoms with Gasteiger partial charge in [0.1, 0.15) is 5.75 Å². The summed E-state index contributed by atoms with van der Waals surface area (Å²) in [5, 5.41) is 11.1. The molecule has 2 aromatic rings. The van der Waals surface area contributed by atoms with Crippen LogP contribution in [0.25, 0.3) is 0 Å². The van der Waals surface area contributed by atoms with E-state index in [2.05, 4.69) is 20.4 Å². The zero-order chi connectivity index (χ0) is 16.6. The van der Waals surface area contributed by atoms with Crippen molar-refractivity contribution < 1.29 is 9.53 Å². The lowest BCUT2D eigenvalue weighted by molar-refractivity contribution is -0.116. The number of nitrogens with zero attached hydrogens (tertiary/aromatic N) is 3. The topological polar surface area (TPSA) is 67.3 Å². The Hall–Kier alpha value is -2.63. The molecule has 1 aromatic carbocycles. The Balaban J connectivity index is 1.44. The molecule has 0 unspecified atom stereocenters. The van der Waals surface area contributed by atoms with Gasteiger partial charge in [-0.15, -0.1) is 10.2 Å². The Labute approximate surface area is 141 Å². The third kappa shape index (κ3) is 4.68. The molecule has 1 fully saturated rings. The number of hydrogen-bond acceptors (Lipinski definition) is 5. The molecule has 1 N–H and O–H groups in total. The van der Waals surface area contributed by atoms with Crippen molar-refractivity contribution in [3.8, 4) is 5.75 Å². The standard InChI is InChI=1S/C18H22N4O2/c23-18(11-14-24-15-7-3-1-4-8-15)19-16-9-10-17(21-20-16)22-12-5-2-6-13-22/h1,3-4,7-10H,2,5-6,11-14H2,(H,19,20,23). The summed E-state index contributed by atoms with van der Waals surface area (Å²) in [4.78, 5) is 14.2. The van der Waals surface area contributed by atoms with Crippen LogP contribution in [0.5, 0.6) is 5.75 Å². The first kappa shape index (κ1) is 16.2. The minimum atomic E-state index is -0.133. The van der Waals surface area contributed by atoms with E-state index in [0.29, 0.717) is 12.4 Å². The smallest absolute Gasteiger partial charge is 0.229 e. The molecule has 6 heteroatoms. The summed E-state index contributed by atoms with van der Waals surface area (Å²) in [6.45, 7) is 2.38. The molecule has 126 valence electrons. The number of amides is 1. The van der Waals surface area contributed by atoms with Crippen molar-refractivity contribution in [3.05, 3.63) is 42.5 Å². The molecule has 0 saturated carbocycles. The number of piperidine rings is 1. The molecule has 2 heterocycles. The fourth-order valence-corrected chi connectivity index (χ4v) is 2.67. The van der Waals surface area contributed by atoms with Crippen molar-refractivity contribution >= 4 is 17.5 Å². The predicted octanol–water partition coefficient (Wildman–Crippen LogP) is 2.87. The van der Waals surface area contributed by atoms with Crippen LogP contribution in [0.15, 0.2) is 42.5 Å². The van der Waals surface area contributed by atoms with Gasteiger partial charge in [-0.25, -0.2) is 0 Å². The lowest BCUT2D eigenvalue weighted by atomic mass is 10.1. The van der Waals surface area contributed by atoms with Gasteiger partial charge in [-0.1, -0.05) is 18.2 Å². The Morgan fingerprint density at radius 3 is 2.54 bits per heavy atom. The third-order valence-corrected chi connectivity index (χ3v) is 3.94. The van der Waals surface area contributed by atoms with E-state index < -0.39 is 0 Å². The molecular formula is C18H22N4O2. The van der Waals surface area contributed by atoms with Crippen LogP contribution in [-0.2, 0) is 4.79 Å². The molecule has 6 nitrogen and oxygen atoms in total. The van der Waals surface area contributed by atoms with Crippen molar-refractivity contribution in [2.24, 2.45) is 0 Å². The minimum absolute atomic E-state index is 0.133. The maximum absolute atomic E-state index is 11.9. The second-order valence-corrected chi connectivity index (χ2v) is 5.78. The van der Waals surface area contributed by atoms with E-state index in [-0.39, 0.29) is 12.3 Å². The zero-order valence-corrected chi connectivity index (χ0v) is 13.6. The average Bonchev–Trinajstić information content (AvgIpc) is 2.64. The summed E-state index contributed by atoms with van der Waals surface area (Å²) in [5.74, 6) is 1.97. The van der Waals surface area contributed by atoms with Gasteiger partial charge in [0.2, 0.25) is 5.91 Å². The Bertz CT molecular complexity index is 640. The Morgan fingerprint density at radius 2 is 1.83 bits per heavy atom. The number of aromatic nitrogens is 2. The number of rotatable bonds is 6. The highest BCUT2D eigenvalue weighted by Crippen LogP contribution is 2.17. The second kappa shape index (κ2) is 8.29. The maximum Gasteiger partial charge on any atom is 0.229 e. The van der Waals surface area contributed by atoms with Crippen molar-refractivity contribution in [3.63, 3.8) is 0 Å². The predicted molar refractivity (Wildman–Crippen MR) is 93.3 cm³/mol. The van der Waals surface area contributed by atoms with Crippen LogP contribution in [0.1, 0.15) is 25.7 Å². The summed E-state index contributed by atoms with van der Waals surface area (Å²) in [6, 6.07) is 13.2. The molecule has 0 atom stereocenters. The van der Waals surface area contributed by atoms with E-state index in [1.165, 1.54) is 19.3 Å². The molecule has 3 rings (SSSR count). The molecule has 1 aliphatic heterocycles. The summed E-state index contributed by atoms with van der Waals surface area (Å²) >= 11 is 0. The van der Waals surface area contributed by atoms with E-state index in [0.717, 1.165) is 24.7 Å². The fraction of sp³-hybridized carbons (Fsp3) is 0.389. The van der Waals surface area contributed by atoms with Crippen LogP contribution in [0.4, 0.5) is 11.6 Å². The summed E-state index contributed by atoms with van der Waals surface area (Å²) in [7, 11) is 0. The van der Waals surface area contributed by atoms with Crippen LogP contribution >= 0.6 is 0 Å². The number of carbonyl (C=O) groups excluding carboxylic acids is 1. The van der Waals surface area contributed by atoms with Gasteiger partial charge in [-0.3, -0.25) is 4.79 Å². The van der Waals surface area contributed by atoms with Gasteiger partial charge in [0.25, 0.3) is 0 Å². The molecule has 0 spiro atoms. The number of benzene rings is 1. The number of para-hydroxylation sites is 1. The lowest BCUT2D eigenvalue weighted by Crippen LogP contribution is -2.30. The Morgan fingerprint density at radius 1 is 1.04 bits per heavy atom. The first-order chi connectivity index (χ1) is 11.8. The average molecular weight is 326 g/mol. The lowest BCUT2D eigenvalue weighted by Gasteiger charge is -2.27. The molecule has 1 saturated heterocycles. The number of ether oxygens (including phenoxy) is 1. The van der Waals surface area contributed by atoms with Crippen LogP contribution in [0.2, 0.25) is 0 Å². The van der Waals surface area contributed by atoms with E-state index in [9.17, 15) is 4.79 Å². The largest absolute Gasteiger partial charge is 0.493 e. The van der Waals surface area contributed by atoms with Crippen molar-refractivity contribution in [1.82, 2.24) is 10.2 Å². The number of nitrogens with one attached hydrogen (secondary N) is 1. The van der Waals surface area contributed by atoms with Crippen LogP contribution in [0, 0.1) is 0 Å². The minimum Gasteiger partial charge on any atom is -0.493 e. The van der Waals surface area contributed by atoms with Crippen molar-refractivity contribution in [2.75, 3.05) is 29.9 Å². The molecule has 1 amide bonds. The second-order valence-electron chi connectivity index (χ2n) is 5.78. The number of anilines is 2. The van der Waals surface area contributed by atoms with E-state index in [1.54, 1.807) is 6.07 Å². The van der Waals surface area contributed by atoms with Gasteiger partial charge in [0.15, 0.2) is 11.6 Å². The number of hydrogen-bond donors (Lipinski definition) is 1. The first-order valence-corrected chi connectivity index (χ1v) is 8.38. The van der Waals surface area contributed by atoms with Gasteiger partial charge in [-0.2, -0.15) is 0 Å². The normalized spacial score (nSPS) is 14.2. The van der Waals surface area contributed by atoms with Crippen LogP contribution < -0.4 is 15.0 Å². The van der Waals surface area contributed by atoms with E-state index >= 15 is 0 Å². The zero-order valence-electron chi connectivity index (χ0n) is 13.6.